The third kappa shape index (κ3) is 4.24. The van der Waals surface area contributed by atoms with Crippen LogP contribution < -0.4 is 4.74 Å². The molecule has 1 rings (SSSR count). The first-order chi connectivity index (χ1) is 8.75. The van der Waals surface area contributed by atoms with Crippen LogP contribution in [0.25, 0.3) is 0 Å². The Morgan fingerprint density at radius 1 is 1.42 bits per heavy atom. The van der Waals surface area contributed by atoms with Crippen molar-refractivity contribution in [3.63, 3.8) is 0 Å². The number of ether oxygens (including phenoxy) is 1. The Bertz CT molecular complexity index is 468. The number of rotatable bonds is 3. The van der Waals surface area contributed by atoms with Crippen molar-refractivity contribution in [2.75, 3.05) is 0 Å². The van der Waals surface area contributed by atoms with E-state index in [1.807, 2.05) is 20.8 Å². The molecule has 1 atom stereocenters. The Morgan fingerprint density at radius 3 is 2.53 bits per heavy atom. The second-order valence-corrected chi connectivity index (χ2v) is 5.68. The van der Waals surface area contributed by atoms with E-state index in [9.17, 15) is 9.59 Å². The summed E-state index contributed by atoms with van der Waals surface area (Å²) in [5.41, 5.74) is -0.518. The van der Waals surface area contributed by atoms with E-state index >= 15 is 0 Å². The van der Waals surface area contributed by atoms with Gasteiger partial charge in [-0.3, -0.25) is 4.90 Å². The predicted molar refractivity (Wildman–Crippen MR) is 74.6 cm³/mol. The van der Waals surface area contributed by atoms with Crippen molar-refractivity contribution in [1.29, 1.82) is 0 Å². The summed E-state index contributed by atoms with van der Waals surface area (Å²) in [6, 6.07) is 6.00. The van der Waals surface area contributed by atoms with Gasteiger partial charge < -0.3 is 9.53 Å². The zero-order chi connectivity index (χ0) is 14.6. The van der Waals surface area contributed by atoms with Crippen LogP contribution in [0.15, 0.2) is 24.3 Å². The highest BCUT2D eigenvalue weighted by molar-refractivity contribution is 6.30. The molecule has 1 aromatic rings. The molecule has 0 aliphatic rings. The van der Waals surface area contributed by atoms with Crippen molar-refractivity contribution in [3.05, 3.63) is 29.3 Å². The third-order valence-corrected chi connectivity index (χ3v) is 2.76. The molecular formula is C14H18ClNO3. The summed E-state index contributed by atoms with van der Waals surface area (Å²) in [5, 5.41) is 0.482. The first-order valence-electron chi connectivity index (χ1n) is 5.97. The van der Waals surface area contributed by atoms with Crippen molar-refractivity contribution in [2.24, 2.45) is 0 Å². The summed E-state index contributed by atoms with van der Waals surface area (Å²) < 4.78 is 5.25. The van der Waals surface area contributed by atoms with Crippen molar-refractivity contribution in [3.8, 4) is 5.75 Å². The fourth-order valence-corrected chi connectivity index (χ4v) is 1.97. The largest absolute Gasteiger partial charge is 0.416 e. The van der Waals surface area contributed by atoms with Crippen LogP contribution in [-0.4, -0.2) is 28.9 Å². The number of halogens is 1. The molecule has 0 bridgehead atoms. The second kappa shape index (κ2) is 6.06. The number of hydrogen-bond acceptors (Lipinski definition) is 3. The maximum absolute atomic E-state index is 12.2. The standard InChI is InChI=1S/C14H18ClNO3/c1-10(9-17)16(14(2,3)4)13(18)19-12-7-5-6-11(15)8-12/h5-10H,1-4H3/t10-/m0/s1. The molecule has 0 unspecified atom stereocenters. The van der Waals surface area contributed by atoms with E-state index < -0.39 is 17.7 Å². The van der Waals surface area contributed by atoms with Gasteiger partial charge in [-0.2, -0.15) is 0 Å². The zero-order valence-electron chi connectivity index (χ0n) is 11.5. The average Bonchev–Trinajstić information content (AvgIpc) is 2.26. The molecular weight excluding hydrogens is 266 g/mol. The SMILES string of the molecule is C[C@@H](C=O)N(C(=O)Oc1cccc(Cl)c1)C(C)(C)C. The van der Waals surface area contributed by atoms with Gasteiger partial charge in [-0.15, -0.1) is 0 Å². The van der Waals surface area contributed by atoms with Crippen LogP contribution in [-0.2, 0) is 4.79 Å². The number of amides is 1. The fourth-order valence-electron chi connectivity index (χ4n) is 1.79. The van der Waals surface area contributed by atoms with Crippen molar-refractivity contribution in [1.82, 2.24) is 4.90 Å². The van der Waals surface area contributed by atoms with E-state index in [-0.39, 0.29) is 0 Å². The average molecular weight is 284 g/mol. The Morgan fingerprint density at radius 2 is 2.05 bits per heavy atom. The van der Waals surface area contributed by atoms with E-state index in [0.717, 1.165) is 0 Å². The van der Waals surface area contributed by atoms with Gasteiger partial charge in [0.1, 0.15) is 12.0 Å². The molecule has 1 aromatic carbocycles. The normalized spacial score (nSPS) is 12.7. The van der Waals surface area contributed by atoms with E-state index in [0.29, 0.717) is 17.1 Å². The molecule has 0 radical (unpaired) electrons. The zero-order valence-corrected chi connectivity index (χ0v) is 12.3. The molecule has 0 saturated heterocycles. The Labute approximate surface area is 118 Å². The lowest BCUT2D eigenvalue weighted by Gasteiger charge is -2.36. The third-order valence-electron chi connectivity index (χ3n) is 2.52. The van der Waals surface area contributed by atoms with Crippen LogP contribution in [0.1, 0.15) is 27.7 Å². The monoisotopic (exact) mass is 283 g/mol. The van der Waals surface area contributed by atoms with Gasteiger partial charge in [-0.05, 0) is 45.9 Å². The first kappa shape index (κ1) is 15.5. The summed E-state index contributed by atoms with van der Waals surface area (Å²) in [6.07, 6.45) is 0.138. The molecule has 0 N–H and O–H groups in total. The lowest BCUT2D eigenvalue weighted by Crippen LogP contribution is -2.52. The van der Waals surface area contributed by atoms with Gasteiger partial charge >= 0.3 is 6.09 Å². The number of benzene rings is 1. The molecule has 104 valence electrons. The van der Waals surface area contributed by atoms with Gasteiger partial charge in [-0.1, -0.05) is 17.7 Å². The van der Waals surface area contributed by atoms with Gasteiger partial charge in [0.25, 0.3) is 0 Å². The highest BCUT2D eigenvalue weighted by Crippen LogP contribution is 2.22. The maximum Gasteiger partial charge on any atom is 0.416 e. The number of carbonyl (C=O) groups excluding carboxylic acids is 2. The van der Waals surface area contributed by atoms with Crippen LogP contribution in [0.4, 0.5) is 4.79 Å². The quantitative estimate of drug-likeness (QED) is 0.797. The van der Waals surface area contributed by atoms with Crippen LogP contribution in [0.3, 0.4) is 0 Å². The Hall–Kier alpha value is -1.55. The van der Waals surface area contributed by atoms with Crippen LogP contribution >= 0.6 is 11.6 Å². The fraction of sp³-hybridized carbons (Fsp3) is 0.429. The molecule has 0 aromatic heterocycles. The molecule has 5 heteroatoms. The highest BCUT2D eigenvalue weighted by atomic mass is 35.5. The Kier molecular flexibility index (Phi) is 4.95. The van der Waals surface area contributed by atoms with Crippen LogP contribution in [0.5, 0.6) is 5.75 Å². The highest BCUT2D eigenvalue weighted by Gasteiger charge is 2.32. The van der Waals surface area contributed by atoms with E-state index in [4.69, 9.17) is 16.3 Å². The lowest BCUT2D eigenvalue weighted by atomic mass is 10.0. The topological polar surface area (TPSA) is 46.6 Å². The molecule has 4 nitrogen and oxygen atoms in total. The van der Waals surface area contributed by atoms with Crippen LogP contribution in [0.2, 0.25) is 5.02 Å². The van der Waals surface area contributed by atoms with E-state index in [1.54, 1.807) is 31.2 Å². The second-order valence-electron chi connectivity index (χ2n) is 5.24. The molecule has 0 aliphatic carbocycles. The minimum Gasteiger partial charge on any atom is -0.410 e. The minimum absolute atomic E-state index is 0.352. The minimum atomic E-state index is -0.575. The van der Waals surface area contributed by atoms with Gasteiger partial charge in [0, 0.05) is 10.6 Å². The molecule has 0 heterocycles. The van der Waals surface area contributed by atoms with E-state index in [1.165, 1.54) is 4.90 Å². The van der Waals surface area contributed by atoms with Gasteiger partial charge in [0.2, 0.25) is 0 Å². The van der Waals surface area contributed by atoms with Gasteiger partial charge in [-0.25, -0.2) is 4.79 Å². The molecule has 0 spiro atoms. The number of carbonyl (C=O) groups is 2. The molecule has 19 heavy (non-hydrogen) atoms. The van der Waals surface area contributed by atoms with Crippen LogP contribution in [0, 0.1) is 0 Å². The summed E-state index contributed by atoms with van der Waals surface area (Å²) in [6.45, 7) is 7.17. The molecule has 0 aliphatic heterocycles. The number of nitrogens with zero attached hydrogens (tertiary/aromatic N) is 1. The smallest absolute Gasteiger partial charge is 0.410 e. The summed E-state index contributed by atoms with van der Waals surface area (Å²) in [7, 11) is 0. The predicted octanol–water partition coefficient (Wildman–Crippen LogP) is 3.53. The lowest BCUT2D eigenvalue weighted by molar-refractivity contribution is -0.112. The molecule has 0 saturated carbocycles. The first-order valence-corrected chi connectivity index (χ1v) is 6.35. The summed E-state index contributed by atoms with van der Waals surface area (Å²) in [4.78, 5) is 24.5. The van der Waals surface area contributed by atoms with Crippen molar-refractivity contribution >= 4 is 24.0 Å². The number of hydrogen-bond donors (Lipinski definition) is 0. The van der Waals surface area contributed by atoms with Crippen molar-refractivity contribution in [2.45, 2.75) is 39.3 Å². The summed E-state index contributed by atoms with van der Waals surface area (Å²) in [5.74, 6) is 0.352. The summed E-state index contributed by atoms with van der Waals surface area (Å²) >= 11 is 5.83. The van der Waals surface area contributed by atoms with Gasteiger partial charge in [0.05, 0.1) is 6.04 Å². The van der Waals surface area contributed by atoms with Crippen molar-refractivity contribution < 1.29 is 14.3 Å². The molecule has 1 amide bonds. The van der Waals surface area contributed by atoms with Gasteiger partial charge in [0.15, 0.2) is 0 Å². The number of aldehydes is 1. The molecule has 0 fully saturated rings. The maximum atomic E-state index is 12.2. The Balaban J connectivity index is 2.92. The van der Waals surface area contributed by atoms with E-state index in [2.05, 4.69) is 0 Å².